The Bertz CT molecular complexity index is 1610. The van der Waals surface area contributed by atoms with E-state index in [0.29, 0.717) is 30.3 Å². The van der Waals surface area contributed by atoms with Crippen LogP contribution in [0.1, 0.15) is 252 Å². The van der Waals surface area contributed by atoms with Gasteiger partial charge in [-0.05, 0) is 102 Å². The number of likely N-dealkylation sites (N-methyl/N-ethyl adjacent to an activating group) is 1. The van der Waals surface area contributed by atoms with Gasteiger partial charge >= 0.3 is 13.8 Å². The molecule has 75 heavy (non-hydrogen) atoms. The molecular weight excluding hydrogens is 952 g/mol. The minimum atomic E-state index is -4.46. The first-order valence-electron chi connectivity index (χ1n) is 30.6. The summed E-state index contributed by atoms with van der Waals surface area (Å²) in [6.07, 6.45) is 72.6. The van der Waals surface area contributed by atoms with Gasteiger partial charge in [0.05, 0.1) is 33.8 Å². The molecule has 0 radical (unpaired) electrons. The lowest BCUT2D eigenvalue weighted by Gasteiger charge is -2.27. The van der Waals surface area contributed by atoms with E-state index in [1.807, 2.05) is 33.3 Å². The molecule has 0 aromatic heterocycles. The van der Waals surface area contributed by atoms with Gasteiger partial charge < -0.3 is 19.4 Å². The molecule has 0 spiro atoms. The third kappa shape index (κ3) is 55.5. The number of allylic oxidation sites excluding steroid dienone is 15. The number of carbonyl (C=O) groups excluding carboxylic acids is 2. The van der Waals surface area contributed by atoms with Gasteiger partial charge in [0.25, 0.3) is 0 Å². The lowest BCUT2D eigenvalue weighted by molar-refractivity contribution is -0.870. The van der Waals surface area contributed by atoms with Gasteiger partial charge in [0.1, 0.15) is 19.3 Å². The van der Waals surface area contributed by atoms with Crippen LogP contribution in [-0.2, 0) is 27.9 Å². The Kier molecular flexibility index (Phi) is 52.1. The second kappa shape index (κ2) is 54.3. The van der Waals surface area contributed by atoms with Crippen LogP contribution in [0.4, 0.5) is 0 Å². The topological polar surface area (TPSA) is 111 Å². The predicted octanol–water partition coefficient (Wildman–Crippen LogP) is 18.8. The molecule has 2 N–H and O–H groups in total. The number of phosphoric ester groups is 1. The fourth-order valence-corrected chi connectivity index (χ4v) is 9.05. The highest BCUT2D eigenvalue weighted by Crippen LogP contribution is 2.43. The van der Waals surface area contributed by atoms with Crippen LogP contribution < -0.4 is 5.32 Å². The summed E-state index contributed by atoms with van der Waals surface area (Å²) in [5.41, 5.74) is 0. The maximum absolute atomic E-state index is 13.5. The monoisotopic (exact) mass is 1070 g/mol. The summed E-state index contributed by atoms with van der Waals surface area (Å²) in [6, 6.07) is -0.875. The minimum absolute atomic E-state index is 0.0274. The number of unbranched alkanes of at least 4 members (excludes halogenated alkanes) is 25. The van der Waals surface area contributed by atoms with Crippen LogP contribution in [0.2, 0.25) is 0 Å². The molecule has 1 amide bonds. The summed E-state index contributed by atoms with van der Waals surface area (Å²) < 4.78 is 30.6. The highest BCUT2D eigenvalue weighted by Gasteiger charge is 2.30. The summed E-state index contributed by atoms with van der Waals surface area (Å²) in [5, 5.41) is 3.03. The van der Waals surface area contributed by atoms with E-state index in [-0.39, 0.29) is 31.5 Å². The molecule has 0 bridgehead atoms. The van der Waals surface area contributed by atoms with Crippen LogP contribution in [0.25, 0.3) is 0 Å². The summed E-state index contributed by atoms with van der Waals surface area (Å²) in [6.45, 7) is 6.85. The fraction of sp³-hybridized carbons (Fsp3) is 0.723. The van der Waals surface area contributed by atoms with E-state index in [4.69, 9.17) is 13.8 Å². The van der Waals surface area contributed by atoms with Crippen molar-refractivity contribution in [3.63, 3.8) is 0 Å². The van der Waals surface area contributed by atoms with Crippen molar-refractivity contribution < 1.29 is 37.3 Å². The molecule has 0 aliphatic rings. The van der Waals surface area contributed by atoms with Crippen molar-refractivity contribution >= 4 is 19.7 Å². The molecule has 432 valence electrons. The van der Waals surface area contributed by atoms with E-state index in [1.54, 1.807) is 0 Å². The average molecular weight is 1070 g/mol. The average Bonchev–Trinajstić information content (AvgIpc) is 3.37. The molecule has 0 aliphatic heterocycles. The van der Waals surface area contributed by atoms with Crippen LogP contribution in [-0.4, -0.2) is 74.3 Å². The summed E-state index contributed by atoms with van der Waals surface area (Å²) >= 11 is 0. The van der Waals surface area contributed by atoms with E-state index >= 15 is 0 Å². The summed E-state index contributed by atoms with van der Waals surface area (Å²) in [5.74, 6) is -0.561. The van der Waals surface area contributed by atoms with Gasteiger partial charge in [-0.3, -0.25) is 18.6 Å². The first-order chi connectivity index (χ1) is 36.4. The van der Waals surface area contributed by atoms with Crippen LogP contribution in [0.3, 0.4) is 0 Å². The number of quaternary nitrogens is 1. The number of nitrogens with zero attached hydrogens (tertiary/aromatic N) is 1. The van der Waals surface area contributed by atoms with Crippen molar-refractivity contribution in [1.29, 1.82) is 0 Å². The lowest BCUT2D eigenvalue weighted by atomic mass is 10.1. The number of phosphoric acid groups is 1. The molecule has 3 atom stereocenters. The number of ether oxygens (including phenoxy) is 1. The zero-order valence-electron chi connectivity index (χ0n) is 49.3. The summed E-state index contributed by atoms with van der Waals surface area (Å²) in [7, 11) is 1.46. The smallest absolute Gasteiger partial charge is 0.456 e. The SMILES string of the molecule is CC/C=C\C/C=C\C/C=C\C/C=C\C/C=C\CCCCCCCC(=O)OC(/C=C/CCCCCCCCCCCC)C(COP(=O)(O)OCC[N+](C)(C)C)NC(=O)CCCCC/C=C/C=C/CCCCCCCCC. The predicted molar refractivity (Wildman–Crippen MR) is 323 cm³/mol. The van der Waals surface area contributed by atoms with E-state index in [2.05, 4.69) is 111 Å². The molecule has 0 aliphatic carbocycles. The van der Waals surface area contributed by atoms with Gasteiger partial charge in [-0.2, -0.15) is 0 Å². The number of hydrogen-bond acceptors (Lipinski definition) is 6. The van der Waals surface area contributed by atoms with Gasteiger partial charge in [-0.15, -0.1) is 0 Å². The zero-order chi connectivity index (χ0) is 55.0. The highest BCUT2D eigenvalue weighted by molar-refractivity contribution is 7.47. The molecule has 0 heterocycles. The van der Waals surface area contributed by atoms with Crippen molar-refractivity contribution in [2.24, 2.45) is 0 Å². The van der Waals surface area contributed by atoms with Gasteiger partial charge in [0, 0.05) is 12.8 Å². The standard InChI is InChI=1S/C65H115N2O7P/c1-7-10-13-16-19-22-25-28-30-32-33-34-35-36-38-40-43-46-49-52-55-58-65(69)74-63(56-53-50-47-44-41-27-24-21-18-15-12-9-3)62(61-73-75(70,71)72-60-59-67(4,5)6)66-64(68)57-54-51-48-45-42-39-37-31-29-26-23-20-17-14-11-8-2/h10,13,19,22,28,30-31,33-34,36-39,42,53,56,62-63H,7-9,11-12,14-18,20-21,23-27,29,32,35,40-41,43-52,54-55,57-61H2,1-6H3,(H-,66,68,70,71)/p+1/b13-10-,22-19-,30-28-,34-33-,37-31+,38-36-,42-39+,56-53+. The minimum Gasteiger partial charge on any atom is -0.456 e. The number of carbonyl (C=O) groups is 2. The molecule has 0 fully saturated rings. The number of amides is 1. The molecule has 0 aromatic rings. The van der Waals surface area contributed by atoms with Gasteiger partial charge in [0.15, 0.2) is 0 Å². The van der Waals surface area contributed by atoms with E-state index < -0.39 is 20.0 Å². The number of esters is 1. The van der Waals surface area contributed by atoms with E-state index in [9.17, 15) is 19.0 Å². The molecule has 10 heteroatoms. The van der Waals surface area contributed by atoms with Crippen molar-refractivity contribution in [1.82, 2.24) is 5.32 Å². The van der Waals surface area contributed by atoms with Gasteiger partial charge in [-0.25, -0.2) is 4.57 Å². The number of rotatable bonds is 54. The first-order valence-corrected chi connectivity index (χ1v) is 32.1. The molecule has 0 rings (SSSR count). The van der Waals surface area contributed by atoms with Gasteiger partial charge in [-0.1, -0.05) is 234 Å². The molecule has 0 saturated heterocycles. The summed E-state index contributed by atoms with van der Waals surface area (Å²) in [4.78, 5) is 37.7. The van der Waals surface area contributed by atoms with Crippen molar-refractivity contribution in [3.8, 4) is 0 Å². The van der Waals surface area contributed by atoms with Crippen molar-refractivity contribution in [2.45, 2.75) is 264 Å². The van der Waals surface area contributed by atoms with Gasteiger partial charge in [0.2, 0.25) is 5.91 Å². The van der Waals surface area contributed by atoms with Crippen LogP contribution in [0.15, 0.2) is 97.2 Å². The zero-order valence-corrected chi connectivity index (χ0v) is 50.2. The molecule has 3 unspecified atom stereocenters. The lowest BCUT2D eigenvalue weighted by Crippen LogP contribution is -2.47. The Morgan fingerprint density at radius 3 is 1.37 bits per heavy atom. The third-order valence-corrected chi connectivity index (χ3v) is 14.0. The second-order valence-electron chi connectivity index (χ2n) is 21.5. The van der Waals surface area contributed by atoms with Crippen molar-refractivity contribution in [2.75, 3.05) is 40.9 Å². The van der Waals surface area contributed by atoms with E-state index in [1.165, 1.54) is 96.3 Å². The van der Waals surface area contributed by atoms with Crippen LogP contribution in [0, 0.1) is 0 Å². The first kappa shape index (κ1) is 71.9. The Balaban J connectivity index is 5.36. The Morgan fingerprint density at radius 1 is 0.493 bits per heavy atom. The molecule has 9 nitrogen and oxygen atoms in total. The molecular formula is C65H116N2O7P+. The normalized spacial score (nSPS) is 14.4. The Hall–Kier alpha value is -3.07. The second-order valence-corrected chi connectivity index (χ2v) is 23.0. The molecule has 0 saturated carbocycles. The number of nitrogens with one attached hydrogen (secondary N) is 1. The Labute approximate surface area is 462 Å². The maximum Gasteiger partial charge on any atom is 0.472 e. The fourth-order valence-electron chi connectivity index (χ4n) is 8.31. The Morgan fingerprint density at radius 2 is 0.893 bits per heavy atom. The number of hydrogen-bond donors (Lipinski definition) is 2. The maximum atomic E-state index is 13.5. The quantitative estimate of drug-likeness (QED) is 0.0156. The van der Waals surface area contributed by atoms with E-state index in [0.717, 1.165) is 109 Å². The molecule has 0 aromatic carbocycles. The van der Waals surface area contributed by atoms with Crippen LogP contribution >= 0.6 is 7.82 Å². The van der Waals surface area contributed by atoms with Crippen molar-refractivity contribution in [3.05, 3.63) is 97.2 Å². The largest absolute Gasteiger partial charge is 0.472 e. The third-order valence-electron chi connectivity index (χ3n) is 13.0. The highest BCUT2D eigenvalue weighted by atomic mass is 31.2. The van der Waals surface area contributed by atoms with Crippen LogP contribution in [0.5, 0.6) is 0 Å².